The van der Waals surface area contributed by atoms with Gasteiger partial charge in [-0.3, -0.25) is 0 Å². The van der Waals surface area contributed by atoms with E-state index >= 15 is 0 Å². The van der Waals surface area contributed by atoms with E-state index in [1.54, 1.807) is 13.0 Å². The lowest BCUT2D eigenvalue weighted by Crippen LogP contribution is -1.92. The highest BCUT2D eigenvalue weighted by Gasteiger charge is 1.95. The van der Waals surface area contributed by atoms with Crippen molar-refractivity contribution in [2.24, 2.45) is 0 Å². The minimum Gasteiger partial charge on any atom is -0.508 e. The Morgan fingerprint density at radius 2 is 1.65 bits per heavy atom. The fourth-order valence-corrected chi connectivity index (χ4v) is 1.70. The van der Waals surface area contributed by atoms with E-state index in [1.807, 2.05) is 56.3 Å². The molecule has 2 nitrogen and oxygen atoms in total. The third kappa shape index (κ3) is 5.70. The van der Waals surface area contributed by atoms with E-state index in [-0.39, 0.29) is 5.78 Å². The summed E-state index contributed by atoms with van der Waals surface area (Å²) >= 11 is 0. The van der Waals surface area contributed by atoms with Gasteiger partial charge in [-0.05, 0) is 49.9 Å². The molecule has 0 amide bonds. The first-order valence-corrected chi connectivity index (χ1v) is 6.79. The van der Waals surface area contributed by atoms with Gasteiger partial charge in [0.15, 0.2) is 0 Å². The number of benzene rings is 2. The maximum absolute atomic E-state index is 10.6. The van der Waals surface area contributed by atoms with E-state index in [0.29, 0.717) is 12.2 Å². The SMILES string of the molecule is CC(=O)CCc1ccccc1.Cc1cccc(O)c1C. The van der Waals surface area contributed by atoms with Crippen LogP contribution in [0.3, 0.4) is 0 Å². The molecule has 0 aromatic heterocycles. The second-order valence-electron chi connectivity index (χ2n) is 4.91. The van der Waals surface area contributed by atoms with Gasteiger partial charge in [0.1, 0.15) is 11.5 Å². The Labute approximate surface area is 121 Å². The van der Waals surface area contributed by atoms with E-state index in [0.717, 1.165) is 17.5 Å². The van der Waals surface area contributed by atoms with Gasteiger partial charge in [-0.15, -0.1) is 0 Å². The van der Waals surface area contributed by atoms with Gasteiger partial charge in [-0.1, -0.05) is 42.5 Å². The first-order chi connectivity index (χ1) is 9.50. The van der Waals surface area contributed by atoms with Gasteiger partial charge < -0.3 is 9.90 Å². The summed E-state index contributed by atoms with van der Waals surface area (Å²) in [6.45, 7) is 5.52. The van der Waals surface area contributed by atoms with Crippen molar-refractivity contribution in [3.05, 3.63) is 65.2 Å². The summed E-state index contributed by atoms with van der Waals surface area (Å²) in [5, 5.41) is 9.10. The first-order valence-electron chi connectivity index (χ1n) is 6.79. The molecule has 0 saturated carbocycles. The number of aromatic hydroxyl groups is 1. The summed E-state index contributed by atoms with van der Waals surface area (Å²) in [5.41, 5.74) is 3.34. The van der Waals surface area contributed by atoms with Crippen molar-refractivity contribution in [2.75, 3.05) is 0 Å². The molecule has 2 heteroatoms. The van der Waals surface area contributed by atoms with Crippen LogP contribution >= 0.6 is 0 Å². The number of hydrogen-bond acceptors (Lipinski definition) is 2. The summed E-state index contributed by atoms with van der Waals surface area (Å²) < 4.78 is 0. The number of carbonyl (C=O) groups excluding carboxylic acids is 1. The fourth-order valence-electron chi connectivity index (χ4n) is 1.70. The minimum absolute atomic E-state index is 0.258. The van der Waals surface area contributed by atoms with Crippen LogP contribution in [-0.4, -0.2) is 10.9 Å². The summed E-state index contributed by atoms with van der Waals surface area (Å²) in [6, 6.07) is 15.6. The number of phenolic OH excluding ortho intramolecular Hbond substituents is 1. The average molecular weight is 270 g/mol. The first kappa shape index (κ1) is 16.0. The van der Waals surface area contributed by atoms with Crippen LogP contribution in [0.2, 0.25) is 0 Å². The van der Waals surface area contributed by atoms with Crippen LogP contribution in [0.25, 0.3) is 0 Å². The van der Waals surface area contributed by atoms with Gasteiger partial charge in [0.2, 0.25) is 0 Å². The number of carbonyl (C=O) groups is 1. The maximum Gasteiger partial charge on any atom is 0.130 e. The number of ketones is 1. The van der Waals surface area contributed by atoms with Crippen molar-refractivity contribution in [3.8, 4) is 5.75 Å². The van der Waals surface area contributed by atoms with Crippen LogP contribution < -0.4 is 0 Å². The van der Waals surface area contributed by atoms with E-state index in [1.165, 1.54) is 5.56 Å². The van der Waals surface area contributed by atoms with Crippen LogP contribution in [0.15, 0.2) is 48.5 Å². The molecular weight excluding hydrogens is 248 g/mol. The van der Waals surface area contributed by atoms with Crippen LogP contribution in [0.5, 0.6) is 5.75 Å². The molecule has 0 aliphatic carbocycles. The van der Waals surface area contributed by atoms with Crippen molar-refractivity contribution < 1.29 is 9.90 Å². The molecule has 1 N–H and O–H groups in total. The lowest BCUT2D eigenvalue weighted by Gasteiger charge is -1.99. The highest BCUT2D eigenvalue weighted by molar-refractivity contribution is 5.75. The van der Waals surface area contributed by atoms with Crippen LogP contribution in [0.1, 0.15) is 30.0 Å². The Bertz CT molecular complexity index is 524. The molecule has 20 heavy (non-hydrogen) atoms. The summed E-state index contributed by atoms with van der Waals surface area (Å²) in [6.07, 6.45) is 1.53. The molecule has 2 rings (SSSR count). The number of Topliss-reactive ketones (excluding diaryl/α,β-unsaturated/α-hetero) is 1. The van der Waals surface area contributed by atoms with E-state index < -0.39 is 0 Å². The van der Waals surface area contributed by atoms with Crippen LogP contribution in [-0.2, 0) is 11.2 Å². The lowest BCUT2D eigenvalue weighted by molar-refractivity contribution is -0.116. The van der Waals surface area contributed by atoms with Crippen molar-refractivity contribution in [3.63, 3.8) is 0 Å². The average Bonchev–Trinajstić information content (AvgIpc) is 2.44. The molecule has 0 radical (unpaired) electrons. The largest absolute Gasteiger partial charge is 0.508 e. The van der Waals surface area contributed by atoms with E-state index in [2.05, 4.69) is 0 Å². The topological polar surface area (TPSA) is 37.3 Å². The molecule has 0 atom stereocenters. The number of aryl methyl sites for hydroxylation is 2. The van der Waals surface area contributed by atoms with Crippen molar-refractivity contribution >= 4 is 5.78 Å². The van der Waals surface area contributed by atoms with Crippen molar-refractivity contribution in [1.82, 2.24) is 0 Å². The lowest BCUT2D eigenvalue weighted by atomic mass is 10.1. The van der Waals surface area contributed by atoms with Gasteiger partial charge in [0, 0.05) is 6.42 Å². The van der Waals surface area contributed by atoms with E-state index in [9.17, 15) is 4.79 Å². The van der Waals surface area contributed by atoms with Gasteiger partial charge in [-0.2, -0.15) is 0 Å². The smallest absolute Gasteiger partial charge is 0.130 e. The maximum atomic E-state index is 10.6. The number of hydrogen-bond donors (Lipinski definition) is 1. The molecule has 0 saturated heterocycles. The second-order valence-corrected chi connectivity index (χ2v) is 4.91. The minimum atomic E-state index is 0.258. The van der Waals surface area contributed by atoms with Crippen LogP contribution in [0, 0.1) is 13.8 Å². The standard InChI is InChI=1S/C10H12O.C8H10O/c1-9(11)7-8-10-5-3-2-4-6-10;1-6-4-3-5-8(9)7(6)2/h2-6H,7-8H2,1H3;3-5,9H,1-2H3. The Morgan fingerprint density at radius 3 is 2.15 bits per heavy atom. The Kier molecular flexibility index (Phi) is 6.51. The molecule has 2 aromatic carbocycles. The molecule has 0 aliphatic heterocycles. The molecular formula is C18H22O2. The number of rotatable bonds is 3. The predicted octanol–water partition coefficient (Wildman–Crippen LogP) is 4.22. The summed E-state index contributed by atoms with van der Waals surface area (Å²) in [7, 11) is 0. The zero-order valence-corrected chi connectivity index (χ0v) is 12.4. The van der Waals surface area contributed by atoms with E-state index in [4.69, 9.17) is 5.11 Å². The molecule has 0 fully saturated rings. The molecule has 0 heterocycles. The van der Waals surface area contributed by atoms with Gasteiger partial charge in [-0.25, -0.2) is 0 Å². The summed E-state index contributed by atoms with van der Waals surface area (Å²) in [5.74, 6) is 0.642. The third-order valence-electron chi connectivity index (χ3n) is 3.18. The Hall–Kier alpha value is -2.09. The normalized spacial score (nSPS) is 9.55. The molecule has 106 valence electrons. The molecule has 0 spiro atoms. The number of phenols is 1. The molecule has 0 aliphatic rings. The van der Waals surface area contributed by atoms with Gasteiger partial charge >= 0.3 is 0 Å². The summed E-state index contributed by atoms with van der Waals surface area (Å²) in [4.78, 5) is 10.6. The van der Waals surface area contributed by atoms with Crippen LogP contribution in [0.4, 0.5) is 0 Å². The fraction of sp³-hybridized carbons (Fsp3) is 0.278. The highest BCUT2D eigenvalue weighted by atomic mass is 16.3. The zero-order valence-electron chi connectivity index (χ0n) is 12.4. The molecule has 0 unspecified atom stereocenters. The monoisotopic (exact) mass is 270 g/mol. The Balaban J connectivity index is 0.000000204. The molecule has 2 aromatic rings. The van der Waals surface area contributed by atoms with Gasteiger partial charge in [0.25, 0.3) is 0 Å². The third-order valence-corrected chi connectivity index (χ3v) is 3.18. The molecule has 0 bridgehead atoms. The van der Waals surface area contributed by atoms with Gasteiger partial charge in [0.05, 0.1) is 0 Å². The van der Waals surface area contributed by atoms with Crippen molar-refractivity contribution in [2.45, 2.75) is 33.6 Å². The second kappa shape index (κ2) is 8.16. The quantitative estimate of drug-likeness (QED) is 0.906. The Morgan fingerprint density at radius 1 is 1.00 bits per heavy atom. The highest BCUT2D eigenvalue weighted by Crippen LogP contribution is 2.17. The predicted molar refractivity (Wildman–Crippen MR) is 83.0 cm³/mol. The van der Waals surface area contributed by atoms with Crippen molar-refractivity contribution in [1.29, 1.82) is 0 Å². The zero-order chi connectivity index (χ0) is 15.0.